The van der Waals surface area contributed by atoms with E-state index in [2.05, 4.69) is 6.58 Å². The summed E-state index contributed by atoms with van der Waals surface area (Å²) in [6.07, 6.45) is 4.33. The quantitative estimate of drug-likeness (QED) is 0.400. The Kier molecular flexibility index (Phi) is 6.29. The van der Waals surface area contributed by atoms with Gasteiger partial charge in [0.2, 0.25) is 0 Å². The molecule has 0 radical (unpaired) electrons. The van der Waals surface area contributed by atoms with Crippen molar-refractivity contribution in [2.75, 3.05) is 20.5 Å². The first-order valence-electron chi connectivity index (χ1n) is 6.18. The van der Waals surface area contributed by atoms with Crippen LogP contribution in [0.5, 0.6) is 0 Å². The summed E-state index contributed by atoms with van der Waals surface area (Å²) in [6, 6.07) is 0. The van der Waals surface area contributed by atoms with Crippen molar-refractivity contribution < 1.29 is 23.8 Å². The zero-order chi connectivity index (χ0) is 14.3. The lowest BCUT2D eigenvalue weighted by Gasteiger charge is -2.28. The van der Waals surface area contributed by atoms with Gasteiger partial charge in [-0.2, -0.15) is 0 Å². The van der Waals surface area contributed by atoms with E-state index in [0.29, 0.717) is 18.6 Å². The van der Waals surface area contributed by atoms with E-state index in [1.54, 1.807) is 6.08 Å². The molecule has 19 heavy (non-hydrogen) atoms. The van der Waals surface area contributed by atoms with Gasteiger partial charge in [-0.05, 0) is 6.42 Å². The number of ketones is 1. The van der Waals surface area contributed by atoms with Crippen LogP contribution in [0.25, 0.3) is 0 Å². The predicted molar refractivity (Wildman–Crippen MR) is 69.1 cm³/mol. The third-order valence-electron chi connectivity index (χ3n) is 2.98. The molecule has 2 atom stereocenters. The van der Waals surface area contributed by atoms with Crippen LogP contribution in [0.2, 0.25) is 0 Å². The maximum Gasteiger partial charge on any atom is 0.302 e. The minimum absolute atomic E-state index is 0.0191. The SMILES string of the molecule is C=CC[C@H]1C(=O)C=C(OCOC)C[C@@H]1COC(C)=O. The number of ether oxygens (including phenoxy) is 3. The van der Waals surface area contributed by atoms with Gasteiger partial charge in [0, 0.05) is 38.4 Å². The van der Waals surface area contributed by atoms with Crippen LogP contribution in [-0.4, -0.2) is 32.3 Å². The van der Waals surface area contributed by atoms with E-state index in [-0.39, 0.29) is 37.0 Å². The molecule has 1 aliphatic rings. The number of carbonyl (C=O) groups excluding carboxylic acids is 2. The van der Waals surface area contributed by atoms with E-state index < -0.39 is 0 Å². The molecule has 0 spiro atoms. The molecule has 0 unspecified atom stereocenters. The molecule has 0 bridgehead atoms. The highest BCUT2D eigenvalue weighted by Crippen LogP contribution is 2.31. The molecule has 0 aromatic heterocycles. The number of allylic oxidation sites excluding steroid dienone is 3. The van der Waals surface area contributed by atoms with E-state index in [9.17, 15) is 9.59 Å². The van der Waals surface area contributed by atoms with Gasteiger partial charge in [0.25, 0.3) is 0 Å². The van der Waals surface area contributed by atoms with Crippen molar-refractivity contribution >= 4 is 11.8 Å². The average Bonchev–Trinajstić information content (AvgIpc) is 2.37. The largest absolute Gasteiger partial charge is 0.472 e. The van der Waals surface area contributed by atoms with Crippen LogP contribution in [-0.2, 0) is 23.8 Å². The first-order chi connectivity index (χ1) is 9.08. The van der Waals surface area contributed by atoms with Gasteiger partial charge < -0.3 is 14.2 Å². The summed E-state index contributed by atoms with van der Waals surface area (Å²) in [5, 5.41) is 0. The van der Waals surface area contributed by atoms with Crippen molar-refractivity contribution in [2.24, 2.45) is 11.8 Å². The van der Waals surface area contributed by atoms with E-state index in [0.717, 1.165) is 0 Å². The van der Waals surface area contributed by atoms with Crippen LogP contribution in [0.15, 0.2) is 24.5 Å². The summed E-state index contributed by atoms with van der Waals surface area (Å²) in [5.41, 5.74) is 0. The van der Waals surface area contributed by atoms with Crippen LogP contribution >= 0.6 is 0 Å². The molecule has 0 fully saturated rings. The summed E-state index contributed by atoms with van der Waals surface area (Å²) in [4.78, 5) is 22.9. The Balaban J connectivity index is 2.73. The number of hydrogen-bond donors (Lipinski definition) is 0. The lowest BCUT2D eigenvalue weighted by molar-refractivity contribution is -0.144. The standard InChI is InChI=1S/C14H20O5/c1-4-5-13-11(8-18-10(2)15)6-12(7-14(13)16)19-9-17-3/h4,7,11,13H,1,5-6,8-9H2,2-3H3/t11-,13-/m1/s1. The fraction of sp³-hybridized carbons (Fsp3) is 0.571. The van der Waals surface area contributed by atoms with Crippen molar-refractivity contribution in [2.45, 2.75) is 19.8 Å². The Morgan fingerprint density at radius 3 is 2.89 bits per heavy atom. The summed E-state index contributed by atoms with van der Waals surface area (Å²) in [7, 11) is 1.52. The monoisotopic (exact) mass is 268 g/mol. The lowest BCUT2D eigenvalue weighted by atomic mass is 9.80. The summed E-state index contributed by atoms with van der Waals surface area (Å²) in [6.45, 7) is 5.33. The number of carbonyl (C=O) groups is 2. The molecule has 0 amide bonds. The third-order valence-corrected chi connectivity index (χ3v) is 2.98. The summed E-state index contributed by atoms with van der Waals surface area (Å²) < 4.78 is 15.1. The fourth-order valence-electron chi connectivity index (χ4n) is 2.08. The predicted octanol–water partition coefficient (Wildman–Crippen LogP) is 1.84. The van der Waals surface area contributed by atoms with E-state index in [4.69, 9.17) is 14.2 Å². The number of methoxy groups -OCH3 is 1. The zero-order valence-electron chi connectivity index (χ0n) is 11.4. The molecule has 5 nitrogen and oxygen atoms in total. The minimum Gasteiger partial charge on any atom is -0.472 e. The Bertz CT molecular complexity index is 372. The molecular formula is C14H20O5. The highest BCUT2D eigenvalue weighted by atomic mass is 16.7. The molecule has 0 saturated carbocycles. The molecule has 0 heterocycles. The Labute approximate surface area is 113 Å². The van der Waals surface area contributed by atoms with Gasteiger partial charge in [0.05, 0.1) is 6.61 Å². The second-order valence-electron chi connectivity index (χ2n) is 4.46. The fourth-order valence-corrected chi connectivity index (χ4v) is 2.08. The maximum atomic E-state index is 12.0. The van der Waals surface area contributed by atoms with Crippen LogP contribution in [0, 0.1) is 11.8 Å². The van der Waals surface area contributed by atoms with Crippen LogP contribution in [0.3, 0.4) is 0 Å². The summed E-state index contributed by atoms with van der Waals surface area (Å²) in [5.74, 6) is -0.0737. The van der Waals surface area contributed by atoms with Gasteiger partial charge in [-0.25, -0.2) is 0 Å². The highest BCUT2D eigenvalue weighted by molar-refractivity contribution is 5.93. The van der Waals surface area contributed by atoms with Crippen LogP contribution in [0.4, 0.5) is 0 Å². The topological polar surface area (TPSA) is 61.8 Å². The van der Waals surface area contributed by atoms with Gasteiger partial charge in [-0.15, -0.1) is 6.58 Å². The molecule has 0 saturated heterocycles. The molecule has 1 aliphatic carbocycles. The van der Waals surface area contributed by atoms with E-state index >= 15 is 0 Å². The Morgan fingerprint density at radius 1 is 1.58 bits per heavy atom. The van der Waals surface area contributed by atoms with Crippen LogP contribution < -0.4 is 0 Å². The first kappa shape index (κ1) is 15.4. The second-order valence-corrected chi connectivity index (χ2v) is 4.46. The number of esters is 1. The second kappa shape index (κ2) is 7.74. The van der Waals surface area contributed by atoms with Gasteiger partial charge in [-0.1, -0.05) is 6.08 Å². The molecule has 5 heteroatoms. The average molecular weight is 268 g/mol. The minimum atomic E-state index is -0.348. The molecule has 0 aromatic rings. The van der Waals surface area contributed by atoms with Gasteiger partial charge in [0.1, 0.15) is 5.76 Å². The van der Waals surface area contributed by atoms with Crippen molar-refractivity contribution in [3.8, 4) is 0 Å². The third kappa shape index (κ3) is 4.87. The first-order valence-corrected chi connectivity index (χ1v) is 6.18. The molecule has 0 aliphatic heterocycles. The maximum absolute atomic E-state index is 12.0. The van der Waals surface area contributed by atoms with Crippen molar-refractivity contribution in [1.82, 2.24) is 0 Å². The lowest BCUT2D eigenvalue weighted by Crippen LogP contribution is -2.31. The smallest absolute Gasteiger partial charge is 0.302 e. The highest BCUT2D eigenvalue weighted by Gasteiger charge is 2.32. The number of hydrogen-bond acceptors (Lipinski definition) is 5. The normalized spacial score (nSPS) is 22.6. The van der Waals surface area contributed by atoms with Crippen molar-refractivity contribution in [3.05, 3.63) is 24.5 Å². The molecule has 0 N–H and O–H groups in total. The Hall–Kier alpha value is -1.62. The van der Waals surface area contributed by atoms with Crippen molar-refractivity contribution in [3.63, 3.8) is 0 Å². The van der Waals surface area contributed by atoms with Gasteiger partial charge in [0.15, 0.2) is 12.6 Å². The van der Waals surface area contributed by atoms with Crippen molar-refractivity contribution in [1.29, 1.82) is 0 Å². The van der Waals surface area contributed by atoms with Gasteiger partial charge in [-0.3, -0.25) is 9.59 Å². The zero-order valence-corrected chi connectivity index (χ0v) is 11.4. The molecule has 1 rings (SSSR count). The van der Waals surface area contributed by atoms with E-state index in [1.165, 1.54) is 20.1 Å². The van der Waals surface area contributed by atoms with Gasteiger partial charge >= 0.3 is 5.97 Å². The molecular weight excluding hydrogens is 248 g/mol. The Morgan fingerprint density at radius 2 is 2.32 bits per heavy atom. The number of rotatable bonds is 7. The molecule has 106 valence electrons. The van der Waals surface area contributed by atoms with E-state index in [1.807, 2.05) is 0 Å². The molecule has 0 aromatic carbocycles. The summed E-state index contributed by atoms with van der Waals surface area (Å²) >= 11 is 0. The van der Waals surface area contributed by atoms with Crippen LogP contribution in [0.1, 0.15) is 19.8 Å².